The lowest BCUT2D eigenvalue weighted by atomic mass is 9.87. The Morgan fingerprint density at radius 2 is 2.31 bits per heavy atom. The van der Waals surface area contributed by atoms with E-state index in [0.29, 0.717) is 12.0 Å². The molecule has 94 valence electrons. The largest absolute Gasteiger partial charge is 0.374 e. The molecule has 0 aromatic carbocycles. The molecule has 2 saturated heterocycles. The molecule has 4 heteroatoms. The molecule has 2 aliphatic rings. The summed E-state index contributed by atoms with van der Waals surface area (Å²) < 4.78 is 5.63. The summed E-state index contributed by atoms with van der Waals surface area (Å²) in [4.78, 5) is 2.59. The lowest BCUT2D eigenvalue weighted by molar-refractivity contribution is -0.0405. The first kappa shape index (κ1) is 12.7. The van der Waals surface area contributed by atoms with Crippen molar-refractivity contribution in [2.45, 2.75) is 32.4 Å². The zero-order valence-electron chi connectivity index (χ0n) is 10.4. The Kier molecular flexibility index (Phi) is 4.16. The maximum atomic E-state index is 5.69. The van der Waals surface area contributed by atoms with Crippen molar-refractivity contribution in [3.63, 3.8) is 0 Å². The van der Waals surface area contributed by atoms with Gasteiger partial charge in [-0.3, -0.25) is 4.90 Å². The van der Waals surface area contributed by atoms with Crippen molar-refractivity contribution in [2.24, 2.45) is 11.1 Å². The molecule has 0 saturated carbocycles. The lowest BCUT2D eigenvalue weighted by Gasteiger charge is -2.43. The van der Waals surface area contributed by atoms with Gasteiger partial charge in [0, 0.05) is 31.4 Å². The van der Waals surface area contributed by atoms with E-state index in [4.69, 9.17) is 10.5 Å². The molecule has 0 spiro atoms. The third-order valence-corrected chi connectivity index (χ3v) is 5.15. The number of rotatable bonds is 2. The van der Waals surface area contributed by atoms with Crippen molar-refractivity contribution < 1.29 is 4.74 Å². The summed E-state index contributed by atoms with van der Waals surface area (Å²) in [6.45, 7) is 8.37. The van der Waals surface area contributed by atoms with E-state index < -0.39 is 0 Å². The molecule has 3 nitrogen and oxygen atoms in total. The lowest BCUT2D eigenvalue weighted by Crippen LogP contribution is -2.52. The van der Waals surface area contributed by atoms with Gasteiger partial charge in [-0.1, -0.05) is 13.8 Å². The van der Waals surface area contributed by atoms with Crippen LogP contribution in [-0.2, 0) is 4.74 Å². The van der Waals surface area contributed by atoms with E-state index in [0.717, 1.165) is 25.7 Å². The number of nitrogens with two attached hydrogens (primary N) is 1. The van der Waals surface area contributed by atoms with Crippen molar-refractivity contribution in [1.82, 2.24) is 4.90 Å². The Morgan fingerprint density at radius 1 is 1.50 bits per heavy atom. The quantitative estimate of drug-likeness (QED) is 0.791. The van der Waals surface area contributed by atoms with Gasteiger partial charge in [-0.15, -0.1) is 0 Å². The van der Waals surface area contributed by atoms with Gasteiger partial charge >= 0.3 is 0 Å². The van der Waals surface area contributed by atoms with Crippen molar-refractivity contribution in [3.8, 4) is 0 Å². The molecule has 2 aliphatic heterocycles. The average molecular weight is 244 g/mol. The Balaban J connectivity index is 1.91. The number of hydrogen-bond acceptors (Lipinski definition) is 4. The Bertz CT molecular complexity index is 235. The van der Waals surface area contributed by atoms with Crippen LogP contribution in [0.5, 0.6) is 0 Å². The molecule has 0 radical (unpaired) electrons. The van der Waals surface area contributed by atoms with Crippen LogP contribution in [0.15, 0.2) is 0 Å². The molecule has 2 atom stereocenters. The van der Waals surface area contributed by atoms with Crippen LogP contribution in [0.25, 0.3) is 0 Å². The highest BCUT2D eigenvalue weighted by molar-refractivity contribution is 7.99. The summed E-state index contributed by atoms with van der Waals surface area (Å²) in [6.07, 6.45) is 1.57. The summed E-state index contributed by atoms with van der Waals surface area (Å²) in [5.41, 5.74) is 6.18. The SMILES string of the molecule is CC1(C)CSCC(N2CCOC(CN)C2)C1. The minimum Gasteiger partial charge on any atom is -0.374 e. The Morgan fingerprint density at radius 3 is 3.00 bits per heavy atom. The van der Waals surface area contributed by atoms with E-state index in [1.165, 1.54) is 17.9 Å². The van der Waals surface area contributed by atoms with Crippen LogP contribution < -0.4 is 5.73 Å². The van der Waals surface area contributed by atoms with Gasteiger partial charge in [0.25, 0.3) is 0 Å². The predicted octanol–water partition coefficient (Wildman–Crippen LogP) is 1.18. The highest BCUT2D eigenvalue weighted by atomic mass is 32.2. The number of morpholine rings is 1. The van der Waals surface area contributed by atoms with Crippen LogP contribution in [-0.4, -0.2) is 54.8 Å². The summed E-state index contributed by atoms with van der Waals surface area (Å²) in [6, 6.07) is 0.728. The fourth-order valence-corrected chi connectivity index (χ4v) is 4.07. The first-order valence-electron chi connectivity index (χ1n) is 6.24. The second-order valence-corrected chi connectivity index (χ2v) is 6.79. The Hall–Kier alpha value is 0.230. The van der Waals surface area contributed by atoms with Gasteiger partial charge < -0.3 is 10.5 Å². The van der Waals surface area contributed by atoms with E-state index in [2.05, 4.69) is 30.5 Å². The second kappa shape index (κ2) is 5.25. The smallest absolute Gasteiger partial charge is 0.0824 e. The van der Waals surface area contributed by atoms with Gasteiger partial charge in [0.05, 0.1) is 12.7 Å². The molecular formula is C12H24N2OS. The van der Waals surface area contributed by atoms with E-state index in [9.17, 15) is 0 Å². The average Bonchev–Trinajstić information content (AvgIpc) is 2.28. The van der Waals surface area contributed by atoms with E-state index in [-0.39, 0.29) is 6.10 Å². The molecule has 2 N–H and O–H groups in total. The number of hydrogen-bond donors (Lipinski definition) is 1. The Labute approximate surface area is 103 Å². The molecule has 2 rings (SSSR count). The van der Waals surface area contributed by atoms with E-state index in [1.807, 2.05) is 0 Å². The van der Waals surface area contributed by atoms with Crippen LogP contribution in [0.3, 0.4) is 0 Å². The van der Waals surface area contributed by atoms with Crippen molar-refractivity contribution in [1.29, 1.82) is 0 Å². The molecule has 0 aromatic rings. The fourth-order valence-electron chi connectivity index (χ4n) is 2.68. The third kappa shape index (κ3) is 3.13. The number of nitrogens with zero attached hydrogens (tertiary/aromatic N) is 1. The van der Waals surface area contributed by atoms with Crippen LogP contribution >= 0.6 is 11.8 Å². The topological polar surface area (TPSA) is 38.5 Å². The van der Waals surface area contributed by atoms with Crippen LogP contribution in [0.1, 0.15) is 20.3 Å². The predicted molar refractivity (Wildman–Crippen MR) is 69.9 cm³/mol. The number of ether oxygens (including phenoxy) is 1. The summed E-state index contributed by atoms with van der Waals surface area (Å²) in [5.74, 6) is 2.58. The molecule has 0 bridgehead atoms. The summed E-state index contributed by atoms with van der Waals surface area (Å²) in [5, 5.41) is 0. The maximum absolute atomic E-state index is 5.69. The van der Waals surface area contributed by atoms with Gasteiger partial charge in [0.2, 0.25) is 0 Å². The molecular weight excluding hydrogens is 220 g/mol. The molecule has 0 aliphatic carbocycles. The van der Waals surface area contributed by atoms with Gasteiger partial charge in [0.1, 0.15) is 0 Å². The first-order valence-corrected chi connectivity index (χ1v) is 7.40. The molecule has 0 aromatic heterocycles. The first-order chi connectivity index (χ1) is 7.61. The minimum absolute atomic E-state index is 0.254. The molecule has 2 unspecified atom stereocenters. The molecule has 0 amide bonds. The highest BCUT2D eigenvalue weighted by Gasteiger charge is 2.33. The van der Waals surface area contributed by atoms with Crippen molar-refractivity contribution in [2.75, 3.05) is 37.7 Å². The summed E-state index contributed by atoms with van der Waals surface area (Å²) in [7, 11) is 0. The third-order valence-electron chi connectivity index (χ3n) is 3.54. The van der Waals surface area contributed by atoms with Gasteiger partial charge in [-0.05, 0) is 17.6 Å². The second-order valence-electron chi connectivity index (χ2n) is 5.76. The van der Waals surface area contributed by atoms with E-state index in [1.54, 1.807) is 0 Å². The fraction of sp³-hybridized carbons (Fsp3) is 1.00. The monoisotopic (exact) mass is 244 g/mol. The zero-order valence-corrected chi connectivity index (χ0v) is 11.3. The van der Waals surface area contributed by atoms with Gasteiger partial charge in [0.15, 0.2) is 0 Å². The standard InChI is InChI=1S/C12H24N2OS/c1-12(2)5-10(8-16-9-12)14-3-4-15-11(6-13)7-14/h10-11H,3-9,13H2,1-2H3. The summed E-state index contributed by atoms with van der Waals surface area (Å²) >= 11 is 2.10. The molecule has 2 fully saturated rings. The van der Waals surface area contributed by atoms with E-state index >= 15 is 0 Å². The normalized spacial score (nSPS) is 36.2. The van der Waals surface area contributed by atoms with Crippen molar-refractivity contribution >= 4 is 11.8 Å². The maximum Gasteiger partial charge on any atom is 0.0824 e. The van der Waals surface area contributed by atoms with Crippen LogP contribution in [0.2, 0.25) is 0 Å². The number of thioether (sulfide) groups is 1. The van der Waals surface area contributed by atoms with Crippen molar-refractivity contribution in [3.05, 3.63) is 0 Å². The van der Waals surface area contributed by atoms with Crippen LogP contribution in [0, 0.1) is 5.41 Å². The molecule has 16 heavy (non-hydrogen) atoms. The van der Waals surface area contributed by atoms with Gasteiger partial charge in [-0.2, -0.15) is 11.8 Å². The van der Waals surface area contributed by atoms with Gasteiger partial charge in [-0.25, -0.2) is 0 Å². The van der Waals surface area contributed by atoms with Crippen LogP contribution in [0.4, 0.5) is 0 Å². The zero-order chi connectivity index (χ0) is 11.6. The highest BCUT2D eigenvalue weighted by Crippen LogP contribution is 2.35. The minimum atomic E-state index is 0.254. The molecule has 2 heterocycles.